The molecule has 0 unspecified atom stereocenters. The molecule has 1 heterocycles. The molecule has 6 heteroatoms. The summed E-state index contributed by atoms with van der Waals surface area (Å²) in [7, 11) is -3.85. The number of phosphoric acid groups is 1. The Kier molecular flexibility index (Phi) is 9.47. The molecule has 2 rings (SSSR count). The first-order chi connectivity index (χ1) is 12.9. The predicted molar refractivity (Wildman–Crippen MR) is 110 cm³/mol. The summed E-state index contributed by atoms with van der Waals surface area (Å²) in [4.78, 5) is 9.21. The molecule has 1 saturated heterocycles. The van der Waals surface area contributed by atoms with Gasteiger partial charge in [0.2, 0.25) is 0 Å². The highest BCUT2D eigenvalue weighted by Gasteiger charge is 2.38. The van der Waals surface area contributed by atoms with Crippen LogP contribution < -0.4 is 5.73 Å². The normalized spacial score (nSPS) is 25.6. The number of unbranched alkanes of at least 4 members (excludes halogenated alkanes) is 6. The zero-order chi connectivity index (χ0) is 19.6. The van der Waals surface area contributed by atoms with Crippen LogP contribution >= 0.6 is 7.82 Å². The van der Waals surface area contributed by atoms with Crippen LogP contribution in [0.5, 0.6) is 0 Å². The zero-order valence-corrected chi connectivity index (χ0v) is 17.6. The number of hydrogen-bond acceptors (Lipinski definition) is 4. The molecule has 1 aliphatic heterocycles. The minimum absolute atomic E-state index is 0.0773. The predicted octanol–water partition coefficient (Wildman–Crippen LogP) is 5.15. The largest absolute Gasteiger partial charge is 0.472 e. The second-order valence-electron chi connectivity index (χ2n) is 7.92. The van der Waals surface area contributed by atoms with E-state index in [4.69, 9.17) is 14.8 Å². The van der Waals surface area contributed by atoms with E-state index in [2.05, 4.69) is 31.2 Å². The van der Waals surface area contributed by atoms with Gasteiger partial charge in [-0.05, 0) is 43.2 Å². The summed E-state index contributed by atoms with van der Waals surface area (Å²) in [6, 6.07) is 8.99. The quantitative estimate of drug-likeness (QED) is 0.377. The first-order valence-electron chi connectivity index (χ1n) is 10.4. The molecule has 0 spiro atoms. The number of phosphoric ester groups is 1. The molecule has 27 heavy (non-hydrogen) atoms. The lowest BCUT2D eigenvalue weighted by Crippen LogP contribution is -2.50. The van der Waals surface area contributed by atoms with Crippen LogP contribution in [-0.2, 0) is 26.5 Å². The number of benzene rings is 1. The molecular weight excluding hydrogens is 361 g/mol. The van der Waals surface area contributed by atoms with Crippen molar-refractivity contribution in [3.05, 3.63) is 35.4 Å². The summed E-state index contributed by atoms with van der Waals surface area (Å²) in [5, 5.41) is 0. The average Bonchev–Trinajstić information content (AvgIpc) is 2.66. The van der Waals surface area contributed by atoms with Crippen molar-refractivity contribution in [2.45, 2.75) is 83.1 Å². The van der Waals surface area contributed by atoms with Gasteiger partial charge in [0.25, 0.3) is 0 Å². The molecular formula is C21H36NO4P. The Morgan fingerprint density at radius 3 is 1.96 bits per heavy atom. The molecule has 0 aliphatic carbocycles. The molecule has 0 amide bonds. The van der Waals surface area contributed by atoms with Crippen molar-refractivity contribution in [2.24, 2.45) is 5.73 Å². The second-order valence-corrected chi connectivity index (χ2v) is 9.37. The maximum absolute atomic E-state index is 11.2. The van der Waals surface area contributed by atoms with Crippen LogP contribution in [0.2, 0.25) is 0 Å². The molecule has 0 saturated carbocycles. The third-order valence-corrected chi connectivity index (χ3v) is 6.17. The van der Waals surface area contributed by atoms with Gasteiger partial charge in [0.15, 0.2) is 0 Å². The van der Waals surface area contributed by atoms with Crippen LogP contribution in [0.3, 0.4) is 0 Å². The van der Waals surface area contributed by atoms with Crippen molar-refractivity contribution in [2.75, 3.05) is 13.2 Å². The maximum Gasteiger partial charge on any atom is 0.472 e. The van der Waals surface area contributed by atoms with Gasteiger partial charge in [-0.1, -0.05) is 69.7 Å². The summed E-state index contributed by atoms with van der Waals surface area (Å²) in [5.41, 5.74) is 8.31. The van der Waals surface area contributed by atoms with Crippen LogP contribution in [-0.4, -0.2) is 23.6 Å². The van der Waals surface area contributed by atoms with Gasteiger partial charge in [-0.2, -0.15) is 0 Å². The lowest BCUT2D eigenvalue weighted by molar-refractivity contribution is 0.0360. The Labute approximate surface area is 164 Å². The highest BCUT2D eigenvalue weighted by molar-refractivity contribution is 7.47. The average molecular weight is 397 g/mol. The minimum atomic E-state index is -3.85. The molecule has 1 aromatic rings. The Hall–Kier alpha value is -0.710. The standard InChI is InChI=1S/C21H36NO4P/c1-2-3-4-5-6-7-10-19-12-14-20(15-13-19)11-8-9-16-21(22)17-25-27(23,24)26-18-21/h12-15H,2-11,16-18,22H2,1H3,(H,23,24). The van der Waals surface area contributed by atoms with E-state index in [-0.39, 0.29) is 13.2 Å². The van der Waals surface area contributed by atoms with Crippen molar-refractivity contribution >= 4 is 7.82 Å². The zero-order valence-electron chi connectivity index (χ0n) is 16.7. The summed E-state index contributed by atoms with van der Waals surface area (Å²) >= 11 is 0. The Morgan fingerprint density at radius 2 is 1.41 bits per heavy atom. The van der Waals surface area contributed by atoms with Crippen LogP contribution in [0.15, 0.2) is 24.3 Å². The van der Waals surface area contributed by atoms with E-state index in [9.17, 15) is 9.46 Å². The van der Waals surface area contributed by atoms with Gasteiger partial charge in [-0.3, -0.25) is 9.05 Å². The summed E-state index contributed by atoms with van der Waals surface area (Å²) in [5.74, 6) is 0. The fourth-order valence-corrected chi connectivity index (χ4v) is 4.35. The third kappa shape index (κ3) is 8.89. The lowest BCUT2D eigenvalue weighted by atomic mass is 9.94. The van der Waals surface area contributed by atoms with Crippen LogP contribution in [0.25, 0.3) is 0 Å². The number of nitrogens with two attached hydrogens (primary N) is 1. The monoisotopic (exact) mass is 397 g/mol. The van der Waals surface area contributed by atoms with Gasteiger partial charge in [-0.25, -0.2) is 4.57 Å². The molecule has 0 aromatic heterocycles. The smallest absolute Gasteiger partial charge is 0.321 e. The van der Waals surface area contributed by atoms with Crippen LogP contribution in [0.1, 0.15) is 75.8 Å². The molecule has 0 bridgehead atoms. The van der Waals surface area contributed by atoms with Crippen molar-refractivity contribution < 1.29 is 18.5 Å². The van der Waals surface area contributed by atoms with Gasteiger partial charge < -0.3 is 10.6 Å². The maximum atomic E-state index is 11.2. The lowest BCUT2D eigenvalue weighted by Gasteiger charge is -2.34. The molecule has 5 nitrogen and oxygen atoms in total. The molecule has 0 radical (unpaired) electrons. The van der Waals surface area contributed by atoms with Gasteiger partial charge in [0.1, 0.15) is 0 Å². The first kappa shape index (κ1) is 22.6. The third-order valence-electron chi connectivity index (χ3n) is 5.26. The van der Waals surface area contributed by atoms with E-state index < -0.39 is 13.4 Å². The molecule has 1 aromatic carbocycles. The van der Waals surface area contributed by atoms with Gasteiger partial charge >= 0.3 is 7.82 Å². The highest BCUT2D eigenvalue weighted by Crippen LogP contribution is 2.47. The SMILES string of the molecule is CCCCCCCCc1ccc(CCCCC2(N)COP(=O)(O)OC2)cc1. The van der Waals surface area contributed by atoms with E-state index in [1.165, 1.54) is 56.1 Å². The fraction of sp³-hybridized carbons (Fsp3) is 0.714. The van der Waals surface area contributed by atoms with E-state index >= 15 is 0 Å². The highest BCUT2D eigenvalue weighted by atomic mass is 31.2. The van der Waals surface area contributed by atoms with Gasteiger partial charge in [0, 0.05) is 0 Å². The minimum Gasteiger partial charge on any atom is -0.321 e. The van der Waals surface area contributed by atoms with E-state index in [1.807, 2.05) is 0 Å². The second kappa shape index (κ2) is 11.3. The molecule has 3 N–H and O–H groups in total. The topological polar surface area (TPSA) is 81.8 Å². The fourth-order valence-electron chi connectivity index (χ4n) is 3.43. The Bertz CT molecular complexity index is 578. The van der Waals surface area contributed by atoms with Crippen molar-refractivity contribution in [3.8, 4) is 0 Å². The molecule has 154 valence electrons. The van der Waals surface area contributed by atoms with Crippen LogP contribution in [0.4, 0.5) is 0 Å². The van der Waals surface area contributed by atoms with Gasteiger partial charge in [0.05, 0.1) is 18.8 Å². The number of rotatable bonds is 12. The van der Waals surface area contributed by atoms with Crippen molar-refractivity contribution in [1.82, 2.24) is 0 Å². The Morgan fingerprint density at radius 1 is 0.926 bits per heavy atom. The first-order valence-corrected chi connectivity index (χ1v) is 11.9. The van der Waals surface area contributed by atoms with E-state index in [1.54, 1.807) is 0 Å². The van der Waals surface area contributed by atoms with E-state index in [0.717, 1.165) is 25.7 Å². The van der Waals surface area contributed by atoms with Crippen molar-refractivity contribution in [1.29, 1.82) is 0 Å². The Balaban J connectivity index is 1.59. The van der Waals surface area contributed by atoms with Crippen molar-refractivity contribution in [3.63, 3.8) is 0 Å². The summed E-state index contributed by atoms with van der Waals surface area (Å²) in [6.07, 6.45) is 12.9. The van der Waals surface area contributed by atoms with Crippen LogP contribution in [0, 0.1) is 0 Å². The number of hydrogen-bond donors (Lipinski definition) is 2. The van der Waals surface area contributed by atoms with Gasteiger partial charge in [-0.15, -0.1) is 0 Å². The summed E-state index contributed by atoms with van der Waals surface area (Å²) < 4.78 is 20.9. The van der Waals surface area contributed by atoms with E-state index in [0.29, 0.717) is 0 Å². The molecule has 0 atom stereocenters. The molecule has 1 fully saturated rings. The molecule has 1 aliphatic rings. The summed E-state index contributed by atoms with van der Waals surface area (Å²) in [6.45, 7) is 2.41. The number of aryl methyl sites for hydroxylation is 2.